The SMILES string of the molecule is CCC(C)(C)C1CCC2(CC1)NC(=O)N(CC(=O)NCCCC(=O)O)C2=O. The molecule has 1 saturated carbocycles. The maximum Gasteiger partial charge on any atom is 0.325 e. The number of carbonyl (C=O) groups is 4. The lowest BCUT2D eigenvalue weighted by atomic mass is 9.65. The molecule has 3 N–H and O–H groups in total. The molecule has 0 unspecified atom stereocenters. The van der Waals surface area contributed by atoms with E-state index in [0.717, 1.165) is 24.2 Å². The summed E-state index contributed by atoms with van der Waals surface area (Å²) in [7, 11) is 0. The van der Waals surface area contributed by atoms with Gasteiger partial charge >= 0.3 is 12.0 Å². The largest absolute Gasteiger partial charge is 0.481 e. The van der Waals surface area contributed by atoms with Crippen LogP contribution in [-0.2, 0) is 14.4 Å². The molecule has 4 amide bonds. The molecule has 1 heterocycles. The van der Waals surface area contributed by atoms with E-state index in [2.05, 4.69) is 31.4 Å². The summed E-state index contributed by atoms with van der Waals surface area (Å²) in [6.45, 7) is 6.53. The van der Waals surface area contributed by atoms with Crippen molar-refractivity contribution < 1.29 is 24.3 Å². The van der Waals surface area contributed by atoms with Crippen molar-refractivity contribution in [3.63, 3.8) is 0 Å². The molecule has 152 valence electrons. The van der Waals surface area contributed by atoms with E-state index in [0.29, 0.717) is 25.2 Å². The summed E-state index contributed by atoms with van der Waals surface area (Å²) in [5.41, 5.74) is -0.663. The molecule has 1 saturated heterocycles. The molecule has 0 radical (unpaired) electrons. The zero-order valence-corrected chi connectivity index (χ0v) is 16.5. The Bertz CT molecular complexity index is 608. The number of nitrogens with one attached hydrogen (secondary N) is 2. The fourth-order valence-corrected chi connectivity index (χ4v) is 4.01. The van der Waals surface area contributed by atoms with Crippen LogP contribution in [-0.4, -0.2) is 52.4 Å². The second kappa shape index (κ2) is 8.27. The van der Waals surface area contributed by atoms with Gasteiger partial charge in [0.15, 0.2) is 0 Å². The summed E-state index contributed by atoms with van der Waals surface area (Å²) in [6, 6.07) is -0.520. The summed E-state index contributed by atoms with van der Waals surface area (Å²) >= 11 is 0. The van der Waals surface area contributed by atoms with Gasteiger partial charge < -0.3 is 15.7 Å². The average molecular weight is 381 g/mol. The van der Waals surface area contributed by atoms with E-state index in [-0.39, 0.29) is 30.8 Å². The Hall–Kier alpha value is -2.12. The fourth-order valence-electron chi connectivity index (χ4n) is 4.01. The van der Waals surface area contributed by atoms with Crippen molar-refractivity contribution in [2.75, 3.05) is 13.1 Å². The predicted molar refractivity (Wildman–Crippen MR) is 98.9 cm³/mol. The first-order valence-corrected chi connectivity index (χ1v) is 9.74. The number of hydrogen-bond acceptors (Lipinski definition) is 4. The van der Waals surface area contributed by atoms with Gasteiger partial charge in [-0.2, -0.15) is 0 Å². The van der Waals surface area contributed by atoms with Crippen LogP contribution < -0.4 is 10.6 Å². The van der Waals surface area contributed by atoms with Gasteiger partial charge in [0.1, 0.15) is 12.1 Å². The first-order chi connectivity index (χ1) is 12.6. The molecular weight excluding hydrogens is 350 g/mol. The second-order valence-electron chi connectivity index (χ2n) is 8.37. The molecule has 1 aliphatic heterocycles. The quantitative estimate of drug-likeness (QED) is 0.438. The first-order valence-electron chi connectivity index (χ1n) is 9.74. The molecule has 2 rings (SSSR count). The van der Waals surface area contributed by atoms with E-state index < -0.39 is 23.4 Å². The van der Waals surface area contributed by atoms with Crippen LogP contribution in [0.3, 0.4) is 0 Å². The van der Waals surface area contributed by atoms with Crippen LogP contribution in [0, 0.1) is 11.3 Å². The maximum atomic E-state index is 12.9. The van der Waals surface area contributed by atoms with Gasteiger partial charge in [-0.25, -0.2) is 4.79 Å². The van der Waals surface area contributed by atoms with Crippen molar-refractivity contribution in [2.45, 2.75) is 71.3 Å². The lowest BCUT2D eigenvalue weighted by molar-refractivity contribution is -0.137. The number of amides is 4. The Morgan fingerprint density at radius 3 is 2.48 bits per heavy atom. The molecule has 1 aliphatic carbocycles. The molecule has 0 aromatic heterocycles. The molecule has 0 atom stereocenters. The van der Waals surface area contributed by atoms with E-state index >= 15 is 0 Å². The highest BCUT2D eigenvalue weighted by Crippen LogP contribution is 2.45. The van der Waals surface area contributed by atoms with E-state index in [1.807, 2.05) is 0 Å². The number of carbonyl (C=O) groups excluding carboxylic acids is 3. The van der Waals surface area contributed by atoms with Crippen LogP contribution in [0.15, 0.2) is 0 Å². The highest BCUT2D eigenvalue weighted by Gasteiger charge is 2.53. The third-order valence-corrected chi connectivity index (χ3v) is 6.29. The Labute approximate surface area is 160 Å². The van der Waals surface area contributed by atoms with E-state index in [4.69, 9.17) is 5.11 Å². The molecule has 8 nitrogen and oxygen atoms in total. The summed E-state index contributed by atoms with van der Waals surface area (Å²) in [5.74, 6) is -1.19. The van der Waals surface area contributed by atoms with Crippen LogP contribution in [0.4, 0.5) is 4.79 Å². The number of nitrogens with zero attached hydrogens (tertiary/aromatic N) is 1. The van der Waals surface area contributed by atoms with Crippen molar-refractivity contribution >= 4 is 23.8 Å². The van der Waals surface area contributed by atoms with Crippen LogP contribution in [0.25, 0.3) is 0 Å². The van der Waals surface area contributed by atoms with Crippen LogP contribution >= 0.6 is 0 Å². The molecule has 0 aromatic carbocycles. The molecular formula is C19H31N3O5. The Morgan fingerprint density at radius 1 is 1.30 bits per heavy atom. The van der Waals surface area contributed by atoms with Crippen LogP contribution in [0.2, 0.25) is 0 Å². The van der Waals surface area contributed by atoms with Crippen molar-refractivity contribution in [3.05, 3.63) is 0 Å². The molecule has 0 bridgehead atoms. The zero-order chi connectivity index (χ0) is 20.2. The summed E-state index contributed by atoms with van der Waals surface area (Å²) in [6.07, 6.45) is 4.29. The number of rotatable bonds is 8. The number of aliphatic carboxylic acids is 1. The minimum Gasteiger partial charge on any atom is -0.481 e. The monoisotopic (exact) mass is 381 g/mol. The van der Waals surface area contributed by atoms with E-state index in [1.165, 1.54) is 0 Å². The predicted octanol–water partition coefficient (Wildman–Crippen LogP) is 1.88. The van der Waals surface area contributed by atoms with E-state index in [9.17, 15) is 19.2 Å². The highest BCUT2D eigenvalue weighted by molar-refractivity contribution is 6.09. The standard InChI is InChI=1S/C19H31N3O5/c1-4-18(2,3)13-7-9-19(10-8-13)16(26)22(17(27)21-19)12-14(23)20-11-5-6-15(24)25/h13H,4-12H2,1-3H3,(H,20,23)(H,21,27)(H,24,25). The van der Waals surface area contributed by atoms with E-state index in [1.54, 1.807) is 0 Å². The molecule has 1 spiro atoms. The maximum absolute atomic E-state index is 12.9. The van der Waals surface area contributed by atoms with Crippen molar-refractivity contribution in [1.82, 2.24) is 15.5 Å². The number of carboxylic acids is 1. The fraction of sp³-hybridized carbons (Fsp3) is 0.789. The third kappa shape index (κ3) is 4.78. The number of carboxylic acid groups (broad SMARTS) is 1. The molecule has 2 fully saturated rings. The Balaban J connectivity index is 1.89. The van der Waals surface area contributed by atoms with Crippen LogP contribution in [0.1, 0.15) is 65.7 Å². The molecule has 27 heavy (non-hydrogen) atoms. The minimum absolute atomic E-state index is 0.0399. The van der Waals surface area contributed by atoms with Gasteiger partial charge in [-0.3, -0.25) is 19.3 Å². The Morgan fingerprint density at radius 2 is 1.93 bits per heavy atom. The van der Waals surface area contributed by atoms with Crippen molar-refractivity contribution in [2.24, 2.45) is 11.3 Å². The normalized spacial score (nSPS) is 25.6. The number of imide groups is 1. The second-order valence-corrected chi connectivity index (χ2v) is 8.37. The van der Waals surface area contributed by atoms with Gasteiger partial charge in [-0.1, -0.05) is 27.2 Å². The van der Waals surface area contributed by atoms with Crippen LogP contribution in [0.5, 0.6) is 0 Å². The smallest absolute Gasteiger partial charge is 0.325 e. The minimum atomic E-state index is -0.929. The van der Waals surface area contributed by atoms with Gasteiger partial charge in [-0.05, 0) is 43.4 Å². The topological polar surface area (TPSA) is 116 Å². The highest BCUT2D eigenvalue weighted by atomic mass is 16.4. The third-order valence-electron chi connectivity index (χ3n) is 6.29. The van der Waals surface area contributed by atoms with Gasteiger partial charge in [0, 0.05) is 13.0 Å². The van der Waals surface area contributed by atoms with Gasteiger partial charge in [0.25, 0.3) is 5.91 Å². The number of urea groups is 1. The molecule has 0 aromatic rings. The Kier molecular flexibility index (Phi) is 6.49. The summed E-state index contributed by atoms with van der Waals surface area (Å²) in [5, 5.41) is 14.0. The average Bonchev–Trinajstić information content (AvgIpc) is 2.83. The lowest BCUT2D eigenvalue weighted by Gasteiger charge is -2.42. The molecule has 2 aliphatic rings. The van der Waals surface area contributed by atoms with Gasteiger partial charge in [-0.15, -0.1) is 0 Å². The van der Waals surface area contributed by atoms with Gasteiger partial charge in [0.05, 0.1) is 0 Å². The van der Waals surface area contributed by atoms with Crippen molar-refractivity contribution in [3.8, 4) is 0 Å². The molecule has 8 heteroatoms. The first kappa shape index (κ1) is 21.2. The van der Waals surface area contributed by atoms with Crippen molar-refractivity contribution in [1.29, 1.82) is 0 Å². The lowest BCUT2D eigenvalue weighted by Crippen LogP contribution is -2.51. The zero-order valence-electron chi connectivity index (χ0n) is 16.5. The number of hydrogen-bond donors (Lipinski definition) is 3. The summed E-state index contributed by atoms with van der Waals surface area (Å²) in [4.78, 5) is 48.6. The van der Waals surface area contributed by atoms with Gasteiger partial charge in [0.2, 0.25) is 5.91 Å². The summed E-state index contributed by atoms with van der Waals surface area (Å²) < 4.78 is 0.